The van der Waals surface area contributed by atoms with Crippen molar-refractivity contribution in [3.05, 3.63) is 38.9 Å². The SMILES string of the molecule is Cc1nc(CCN)sc1-c1n[nH]c(Cc2cccs2)n1. The highest BCUT2D eigenvalue weighted by Crippen LogP contribution is 2.27. The zero-order valence-corrected chi connectivity index (χ0v) is 12.7. The van der Waals surface area contributed by atoms with Crippen LogP contribution in [0, 0.1) is 6.92 Å². The van der Waals surface area contributed by atoms with E-state index in [4.69, 9.17) is 5.73 Å². The summed E-state index contributed by atoms with van der Waals surface area (Å²) in [6.45, 7) is 2.60. The van der Waals surface area contributed by atoms with E-state index in [9.17, 15) is 0 Å². The summed E-state index contributed by atoms with van der Waals surface area (Å²) in [6.07, 6.45) is 1.59. The molecule has 0 saturated heterocycles. The van der Waals surface area contributed by atoms with Gasteiger partial charge in [-0.2, -0.15) is 5.10 Å². The van der Waals surface area contributed by atoms with Crippen molar-refractivity contribution < 1.29 is 0 Å². The van der Waals surface area contributed by atoms with Crippen LogP contribution in [0.1, 0.15) is 21.4 Å². The Labute approximate surface area is 124 Å². The minimum absolute atomic E-state index is 0.615. The molecule has 3 heterocycles. The fourth-order valence-electron chi connectivity index (χ4n) is 1.94. The molecule has 0 unspecified atom stereocenters. The van der Waals surface area contributed by atoms with Gasteiger partial charge in [-0.3, -0.25) is 5.10 Å². The van der Waals surface area contributed by atoms with Gasteiger partial charge in [-0.25, -0.2) is 9.97 Å². The molecule has 0 aliphatic carbocycles. The lowest BCUT2D eigenvalue weighted by molar-refractivity contribution is 0.945. The van der Waals surface area contributed by atoms with E-state index in [1.165, 1.54) is 4.88 Å². The summed E-state index contributed by atoms with van der Waals surface area (Å²) in [6, 6.07) is 4.15. The Balaban J connectivity index is 1.82. The van der Waals surface area contributed by atoms with Crippen molar-refractivity contribution >= 4 is 22.7 Å². The van der Waals surface area contributed by atoms with E-state index in [2.05, 4.69) is 31.6 Å². The molecular weight excluding hydrogens is 290 g/mol. The standard InChI is InChI=1S/C13H15N5S2/c1-8-12(20-11(15-8)4-5-14)13-16-10(17-18-13)7-9-3-2-6-19-9/h2-3,6H,4-5,7,14H2,1H3,(H,16,17,18). The molecule has 0 aliphatic rings. The van der Waals surface area contributed by atoms with Crippen molar-refractivity contribution in [2.75, 3.05) is 6.54 Å². The van der Waals surface area contributed by atoms with Gasteiger partial charge in [0.25, 0.3) is 0 Å². The highest BCUT2D eigenvalue weighted by molar-refractivity contribution is 7.15. The van der Waals surface area contributed by atoms with Crippen molar-refractivity contribution in [3.8, 4) is 10.7 Å². The lowest BCUT2D eigenvalue weighted by atomic mass is 10.3. The second kappa shape index (κ2) is 5.82. The van der Waals surface area contributed by atoms with Crippen LogP contribution < -0.4 is 5.73 Å². The number of nitrogens with zero attached hydrogens (tertiary/aromatic N) is 3. The number of thiazole rings is 1. The van der Waals surface area contributed by atoms with Gasteiger partial charge >= 0.3 is 0 Å². The molecule has 0 saturated carbocycles. The van der Waals surface area contributed by atoms with Crippen molar-refractivity contribution in [2.24, 2.45) is 5.73 Å². The second-order valence-electron chi connectivity index (χ2n) is 4.42. The fraction of sp³-hybridized carbons (Fsp3) is 0.308. The highest BCUT2D eigenvalue weighted by Gasteiger charge is 2.14. The summed E-state index contributed by atoms with van der Waals surface area (Å²) >= 11 is 3.35. The normalized spacial score (nSPS) is 11.1. The number of nitrogens with one attached hydrogen (secondary N) is 1. The summed E-state index contributed by atoms with van der Waals surface area (Å²) in [7, 11) is 0. The van der Waals surface area contributed by atoms with E-state index >= 15 is 0 Å². The molecule has 0 radical (unpaired) electrons. The van der Waals surface area contributed by atoms with Crippen LogP contribution in [0.3, 0.4) is 0 Å². The number of H-pyrrole nitrogens is 1. The molecule has 7 heteroatoms. The minimum Gasteiger partial charge on any atom is -0.330 e. The van der Waals surface area contributed by atoms with Gasteiger partial charge in [-0.15, -0.1) is 22.7 Å². The van der Waals surface area contributed by atoms with Crippen molar-refractivity contribution in [1.82, 2.24) is 20.2 Å². The molecule has 104 valence electrons. The number of rotatable bonds is 5. The average Bonchev–Trinajstić information content (AvgIpc) is 3.12. The predicted octanol–water partition coefficient (Wildman–Crippen LogP) is 2.39. The van der Waals surface area contributed by atoms with Crippen LogP contribution in [-0.4, -0.2) is 26.7 Å². The Morgan fingerprint density at radius 3 is 3.00 bits per heavy atom. The maximum Gasteiger partial charge on any atom is 0.193 e. The Morgan fingerprint density at radius 1 is 1.35 bits per heavy atom. The van der Waals surface area contributed by atoms with Gasteiger partial charge < -0.3 is 5.73 Å². The van der Waals surface area contributed by atoms with E-state index < -0.39 is 0 Å². The van der Waals surface area contributed by atoms with E-state index in [0.717, 1.165) is 40.1 Å². The van der Waals surface area contributed by atoms with Crippen LogP contribution in [0.2, 0.25) is 0 Å². The molecule has 3 aromatic heterocycles. The molecular formula is C13H15N5S2. The number of aryl methyl sites for hydroxylation is 1. The van der Waals surface area contributed by atoms with Crippen molar-refractivity contribution in [2.45, 2.75) is 19.8 Å². The van der Waals surface area contributed by atoms with E-state index in [0.29, 0.717) is 6.54 Å². The first-order valence-corrected chi connectivity index (χ1v) is 8.06. The highest BCUT2D eigenvalue weighted by atomic mass is 32.1. The number of aromatic nitrogens is 4. The Kier molecular flexibility index (Phi) is 3.90. The molecule has 0 fully saturated rings. The van der Waals surface area contributed by atoms with Crippen LogP contribution in [0.5, 0.6) is 0 Å². The molecule has 0 atom stereocenters. The smallest absolute Gasteiger partial charge is 0.193 e. The molecule has 0 aliphatic heterocycles. The number of aromatic amines is 1. The Morgan fingerprint density at radius 2 is 2.25 bits per heavy atom. The second-order valence-corrected chi connectivity index (χ2v) is 6.54. The number of nitrogens with two attached hydrogens (primary N) is 1. The number of hydrogen-bond donors (Lipinski definition) is 2. The third-order valence-corrected chi connectivity index (χ3v) is 4.95. The molecule has 20 heavy (non-hydrogen) atoms. The van der Waals surface area contributed by atoms with Crippen molar-refractivity contribution in [3.63, 3.8) is 0 Å². The third kappa shape index (κ3) is 2.79. The van der Waals surface area contributed by atoms with E-state index in [1.807, 2.05) is 13.0 Å². The average molecular weight is 305 g/mol. The molecule has 0 bridgehead atoms. The van der Waals surface area contributed by atoms with Crippen molar-refractivity contribution in [1.29, 1.82) is 0 Å². The monoisotopic (exact) mass is 305 g/mol. The van der Waals surface area contributed by atoms with Gasteiger partial charge in [-0.05, 0) is 24.9 Å². The molecule has 3 rings (SSSR count). The molecule has 3 aromatic rings. The van der Waals surface area contributed by atoms with Gasteiger partial charge in [0, 0.05) is 17.7 Å². The van der Waals surface area contributed by atoms with E-state index in [-0.39, 0.29) is 0 Å². The number of thiophene rings is 1. The zero-order valence-electron chi connectivity index (χ0n) is 11.1. The first-order valence-electron chi connectivity index (χ1n) is 6.36. The topological polar surface area (TPSA) is 80.5 Å². The first kappa shape index (κ1) is 13.4. The third-order valence-electron chi connectivity index (χ3n) is 2.86. The summed E-state index contributed by atoms with van der Waals surface area (Å²) < 4.78 is 0. The quantitative estimate of drug-likeness (QED) is 0.758. The van der Waals surface area contributed by atoms with Crippen LogP contribution in [0.4, 0.5) is 0 Å². The molecule has 0 aromatic carbocycles. The summed E-state index contributed by atoms with van der Waals surface area (Å²) in [5, 5.41) is 10.4. The molecule has 3 N–H and O–H groups in total. The molecule has 0 spiro atoms. The summed E-state index contributed by atoms with van der Waals surface area (Å²) in [4.78, 5) is 11.4. The minimum atomic E-state index is 0.615. The lowest BCUT2D eigenvalue weighted by Crippen LogP contribution is -2.01. The maximum absolute atomic E-state index is 5.57. The van der Waals surface area contributed by atoms with E-state index in [1.54, 1.807) is 22.7 Å². The van der Waals surface area contributed by atoms with Gasteiger partial charge in [0.1, 0.15) is 5.82 Å². The molecule has 5 nitrogen and oxygen atoms in total. The molecule has 0 amide bonds. The Bertz CT molecular complexity index is 684. The van der Waals surface area contributed by atoms with Gasteiger partial charge in [0.15, 0.2) is 5.82 Å². The predicted molar refractivity (Wildman–Crippen MR) is 82.1 cm³/mol. The lowest BCUT2D eigenvalue weighted by Gasteiger charge is -1.90. The summed E-state index contributed by atoms with van der Waals surface area (Å²) in [5.41, 5.74) is 6.54. The zero-order chi connectivity index (χ0) is 13.9. The van der Waals surface area contributed by atoms with Gasteiger partial charge in [0.05, 0.1) is 15.6 Å². The van der Waals surface area contributed by atoms with Crippen LogP contribution in [-0.2, 0) is 12.8 Å². The number of hydrogen-bond acceptors (Lipinski definition) is 6. The summed E-state index contributed by atoms with van der Waals surface area (Å²) in [5.74, 6) is 1.62. The van der Waals surface area contributed by atoms with Crippen LogP contribution in [0.15, 0.2) is 17.5 Å². The Hall–Kier alpha value is -1.57. The largest absolute Gasteiger partial charge is 0.330 e. The van der Waals surface area contributed by atoms with Gasteiger partial charge in [0.2, 0.25) is 0 Å². The first-order chi connectivity index (χ1) is 9.76. The fourth-order valence-corrected chi connectivity index (χ4v) is 3.67. The van der Waals surface area contributed by atoms with Crippen LogP contribution >= 0.6 is 22.7 Å². The van der Waals surface area contributed by atoms with Crippen LogP contribution in [0.25, 0.3) is 10.7 Å². The van der Waals surface area contributed by atoms with Gasteiger partial charge in [-0.1, -0.05) is 6.07 Å². The maximum atomic E-state index is 5.57.